The number of aromatic carboxylic acids is 1. The number of rotatable bonds is 4. The highest BCUT2D eigenvalue weighted by Crippen LogP contribution is 2.23. The average molecular weight is 228 g/mol. The quantitative estimate of drug-likeness (QED) is 0.822. The van der Waals surface area contributed by atoms with Gasteiger partial charge in [0.2, 0.25) is 0 Å². The number of aliphatic hydroxyl groups is 1. The van der Waals surface area contributed by atoms with Crippen molar-refractivity contribution in [1.29, 1.82) is 0 Å². The molecule has 0 unspecified atom stereocenters. The first-order valence-electron chi connectivity index (χ1n) is 4.68. The number of carboxylic acids is 1. The topological polar surface area (TPSA) is 66.8 Å². The molecule has 0 aliphatic rings. The first-order chi connectivity index (χ1) is 7.31. The van der Waals surface area contributed by atoms with Crippen molar-refractivity contribution >= 4 is 5.97 Å². The molecule has 5 heteroatoms. The van der Waals surface area contributed by atoms with Gasteiger partial charge in [0.05, 0.1) is 5.60 Å². The maximum Gasteiger partial charge on any atom is 0.339 e. The van der Waals surface area contributed by atoms with Gasteiger partial charge >= 0.3 is 5.97 Å². The number of para-hydroxylation sites is 1. The molecule has 4 nitrogen and oxygen atoms in total. The van der Waals surface area contributed by atoms with Crippen molar-refractivity contribution in [1.82, 2.24) is 0 Å². The molecule has 0 heterocycles. The zero-order chi connectivity index (χ0) is 12.3. The van der Waals surface area contributed by atoms with Crippen molar-refractivity contribution in [3.63, 3.8) is 0 Å². The molecule has 2 N–H and O–H groups in total. The second kappa shape index (κ2) is 4.49. The monoisotopic (exact) mass is 228 g/mol. The summed E-state index contributed by atoms with van der Waals surface area (Å²) in [6.07, 6.45) is 0. The molecule has 1 rings (SSSR count). The Kier molecular flexibility index (Phi) is 3.49. The van der Waals surface area contributed by atoms with Gasteiger partial charge in [-0.25, -0.2) is 9.18 Å². The molecule has 0 spiro atoms. The van der Waals surface area contributed by atoms with Crippen molar-refractivity contribution in [2.75, 3.05) is 6.61 Å². The fraction of sp³-hybridized carbons (Fsp3) is 0.364. The van der Waals surface area contributed by atoms with Crippen molar-refractivity contribution in [2.24, 2.45) is 0 Å². The summed E-state index contributed by atoms with van der Waals surface area (Å²) >= 11 is 0. The Morgan fingerprint density at radius 1 is 1.50 bits per heavy atom. The van der Waals surface area contributed by atoms with Crippen LogP contribution in [0, 0.1) is 5.82 Å². The van der Waals surface area contributed by atoms with Crippen LogP contribution < -0.4 is 4.74 Å². The van der Waals surface area contributed by atoms with Crippen LogP contribution in [0.2, 0.25) is 0 Å². The number of hydrogen-bond acceptors (Lipinski definition) is 3. The molecule has 0 aliphatic carbocycles. The highest BCUT2D eigenvalue weighted by Gasteiger charge is 2.19. The largest absolute Gasteiger partial charge is 0.487 e. The molecule has 0 bridgehead atoms. The number of hydrogen-bond donors (Lipinski definition) is 2. The molecule has 0 aliphatic heterocycles. The molecule has 1 aromatic carbocycles. The Labute approximate surface area is 92.3 Å². The normalized spacial score (nSPS) is 11.2. The highest BCUT2D eigenvalue weighted by atomic mass is 19.1. The van der Waals surface area contributed by atoms with Crippen LogP contribution in [-0.2, 0) is 0 Å². The van der Waals surface area contributed by atoms with Crippen LogP contribution in [0.3, 0.4) is 0 Å². The molecule has 0 fully saturated rings. The number of carboxylic acid groups (broad SMARTS) is 1. The van der Waals surface area contributed by atoms with Crippen molar-refractivity contribution < 1.29 is 24.1 Å². The van der Waals surface area contributed by atoms with Crippen LogP contribution in [0.4, 0.5) is 4.39 Å². The van der Waals surface area contributed by atoms with Gasteiger partial charge in [-0.2, -0.15) is 0 Å². The van der Waals surface area contributed by atoms with E-state index in [9.17, 15) is 14.3 Å². The summed E-state index contributed by atoms with van der Waals surface area (Å²) in [7, 11) is 0. The lowest BCUT2D eigenvalue weighted by atomic mass is 10.1. The van der Waals surface area contributed by atoms with Gasteiger partial charge in [0.15, 0.2) is 11.6 Å². The Balaban J connectivity index is 2.98. The number of halogens is 1. The summed E-state index contributed by atoms with van der Waals surface area (Å²) in [4.78, 5) is 10.8. The number of ether oxygens (including phenoxy) is 1. The van der Waals surface area contributed by atoms with Crippen LogP contribution in [-0.4, -0.2) is 28.4 Å². The van der Waals surface area contributed by atoms with Crippen LogP contribution in [0.5, 0.6) is 5.75 Å². The summed E-state index contributed by atoms with van der Waals surface area (Å²) in [6, 6.07) is 3.63. The highest BCUT2D eigenvalue weighted by molar-refractivity contribution is 5.90. The van der Waals surface area contributed by atoms with E-state index in [2.05, 4.69) is 0 Å². The van der Waals surface area contributed by atoms with E-state index in [4.69, 9.17) is 9.84 Å². The third-order valence-electron chi connectivity index (χ3n) is 1.77. The fourth-order valence-electron chi connectivity index (χ4n) is 1.07. The number of carbonyl (C=O) groups is 1. The fourth-order valence-corrected chi connectivity index (χ4v) is 1.07. The predicted octanol–water partition coefficient (Wildman–Crippen LogP) is 1.67. The van der Waals surface area contributed by atoms with Gasteiger partial charge < -0.3 is 14.9 Å². The zero-order valence-corrected chi connectivity index (χ0v) is 9.03. The Bertz CT molecular complexity index is 395. The van der Waals surface area contributed by atoms with Gasteiger partial charge in [0.1, 0.15) is 12.2 Å². The predicted molar refractivity (Wildman–Crippen MR) is 55.2 cm³/mol. The molecule has 0 radical (unpaired) electrons. The Hall–Kier alpha value is -1.62. The summed E-state index contributed by atoms with van der Waals surface area (Å²) in [5, 5.41) is 18.2. The minimum Gasteiger partial charge on any atom is -0.487 e. The van der Waals surface area contributed by atoms with Gasteiger partial charge in [-0.1, -0.05) is 6.07 Å². The lowest BCUT2D eigenvalue weighted by Crippen LogP contribution is -2.28. The molecular formula is C11H13FO4. The molecule has 0 aromatic heterocycles. The smallest absolute Gasteiger partial charge is 0.339 e. The van der Waals surface area contributed by atoms with Gasteiger partial charge in [-0.3, -0.25) is 0 Å². The van der Waals surface area contributed by atoms with E-state index in [0.29, 0.717) is 0 Å². The summed E-state index contributed by atoms with van der Waals surface area (Å²) in [5.41, 5.74) is -1.41. The van der Waals surface area contributed by atoms with Gasteiger partial charge in [-0.15, -0.1) is 0 Å². The molecule has 0 saturated heterocycles. The zero-order valence-electron chi connectivity index (χ0n) is 9.03. The lowest BCUT2D eigenvalue weighted by molar-refractivity contribution is 0.0262. The summed E-state index contributed by atoms with van der Waals surface area (Å²) in [5.74, 6) is -2.38. The molecular weight excluding hydrogens is 215 g/mol. The third-order valence-corrected chi connectivity index (χ3v) is 1.77. The lowest BCUT2D eigenvalue weighted by Gasteiger charge is -2.18. The third kappa shape index (κ3) is 3.20. The van der Waals surface area contributed by atoms with E-state index in [0.717, 1.165) is 6.07 Å². The van der Waals surface area contributed by atoms with Crippen LogP contribution in [0.1, 0.15) is 24.2 Å². The molecule has 16 heavy (non-hydrogen) atoms. The second-order valence-corrected chi connectivity index (χ2v) is 4.02. The summed E-state index contributed by atoms with van der Waals surface area (Å²) in [6.45, 7) is 2.77. The maximum atomic E-state index is 13.3. The minimum absolute atomic E-state index is 0.186. The van der Waals surface area contributed by atoms with Crippen LogP contribution >= 0.6 is 0 Å². The van der Waals surface area contributed by atoms with E-state index in [1.54, 1.807) is 0 Å². The van der Waals surface area contributed by atoms with E-state index in [1.807, 2.05) is 0 Å². The van der Waals surface area contributed by atoms with Gasteiger partial charge in [0.25, 0.3) is 0 Å². The van der Waals surface area contributed by atoms with Crippen molar-refractivity contribution in [2.45, 2.75) is 19.4 Å². The Morgan fingerprint density at radius 2 is 2.12 bits per heavy atom. The minimum atomic E-state index is -1.27. The molecule has 1 aromatic rings. The Morgan fingerprint density at radius 3 is 2.62 bits per heavy atom. The van der Waals surface area contributed by atoms with E-state index < -0.39 is 17.4 Å². The second-order valence-electron chi connectivity index (χ2n) is 4.02. The molecule has 0 amide bonds. The van der Waals surface area contributed by atoms with Crippen LogP contribution in [0.15, 0.2) is 18.2 Å². The van der Waals surface area contributed by atoms with Crippen molar-refractivity contribution in [3.05, 3.63) is 29.6 Å². The molecule has 0 saturated carbocycles. The van der Waals surface area contributed by atoms with Gasteiger partial charge in [-0.05, 0) is 26.0 Å². The maximum absolute atomic E-state index is 13.3. The first-order valence-corrected chi connectivity index (χ1v) is 4.68. The number of benzene rings is 1. The van der Waals surface area contributed by atoms with Gasteiger partial charge in [0, 0.05) is 0 Å². The SMILES string of the molecule is CC(C)(O)COc1c(F)cccc1C(=O)O. The standard InChI is InChI=1S/C11H13FO4/c1-11(2,15)6-16-9-7(10(13)14)4-3-5-8(9)12/h3-5,15H,6H2,1-2H3,(H,13,14). The van der Waals surface area contributed by atoms with E-state index >= 15 is 0 Å². The molecule has 0 atom stereocenters. The van der Waals surface area contributed by atoms with Crippen molar-refractivity contribution in [3.8, 4) is 5.75 Å². The first kappa shape index (κ1) is 12.4. The average Bonchev–Trinajstić information content (AvgIpc) is 2.13. The molecule has 88 valence electrons. The summed E-state index contributed by atoms with van der Waals surface area (Å²) < 4.78 is 18.3. The van der Waals surface area contributed by atoms with E-state index in [1.165, 1.54) is 26.0 Å². The van der Waals surface area contributed by atoms with Crippen LogP contribution in [0.25, 0.3) is 0 Å². The van der Waals surface area contributed by atoms with E-state index in [-0.39, 0.29) is 17.9 Å².